The van der Waals surface area contributed by atoms with Crippen LogP contribution in [0.4, 0.5) is 0 Å². The largest absolute Gasteiger partial charge is 0.267 e. The fourth-order valence-electron chi connectivity index (χ4n) is 3.28. The molecule has 1 heterocycles. The van der Waals surface area contributed by atoms with Crippen molar-refractivity contribution in [2.75, 3.05) is 0 Å². The lowest BCUT2D eigenvalue weighted by molar-refractivity contribution is 0.584. The molecule has 2 aromatic carbocycles. The van der Waals surface area contributed by atoms with E-state index in [1.165, 1.54) is 3.97 Å². The highest BCUT2D eigenvalue weighted by Crippen LogP contribution is 2.45. The predicted octanol–water partition coefficient (Wildman–Crippen LogP) is 6.02. The van der Waals surface area contributed by atoms with E-state index < -0.39 is 10.0 Å². The smallest absolute Gasteiger partial charge is 0.244 e. The Morgan fingerprint density at radius 2 is 1.74 bits per heavy atom. The molecule has 1 aliphatic rings. The number of thioether (sulfide) groups is 1. The third-order valence-corrected chi connectivity index (χ3v) is 7.85. The Kier molecular flexibility index (Phi) is 4.93. The molecule has 0 radical (unpaired) electrons. The maximum absolute atomic E-state index is 13.2. The van der Waals surface area contributed by atoms with Gasteiger partial charge in [-0.1, -0.05) is 35.9 Å². The normalized spacial score (nSPS) is 16.7. The molecule has 4 rings (SSSR count). The van der Waals surface area contributed by atoms with Gasteiger partial charge < -0.3 is 0 Å². The maximum Gasteiger partial charge on any atom is 0.267 e. The molecule has 0 spiro atoms. The molecular formula is C21H18ClNO2S2. The first kappa shape index (κ1) is 18.4. The van der Waals surface area contributed by atoms with Crippen LogP contribution in [0.5, 0.6) is 0 Å². The standard InChI is InChI=1S/C21H18ClNO2S2/c1-15-7-12-20(26-17-10-8-16(22)9-11-17)21-19(15)13-14-23(21)27(24,25)18-5-3-2-4-6-18/h2-11,13-14,20H,12H2,1H3. The maximum atomic E-state index is 13.2. The Balaban J connectivity index is 1.79. The molecule has 1 aliphatic carbocycles. The molecule has 1 unspecified atom stereocenters. The lowest BCUT2D eigenvalue weighted by Gasteiger charge is -2.24. The molecule has 0 fully saturated rings. The van der Waals surface area contributed by atoms with Crippen LogP contribution in [-0.4, -0.2) is 12.4 Å². The van der Waals surface area contributed by atoms with Crippen molar-refractivity contribution < 1.29 is 8.42 Å². The van der Waals surface area contributed by atoms with Crippen LogP contribution in [0.3, 0.4) is 0 Å². The van der Waals surface area contributed by atoms with E-state index in [1.54, 1.807) is 42.2 Å². The number of allylic oxidation sites excluding steroid dienone is 2. The molecule has 0 amide bonds. The molecule has 0 bridgehead atoms. The fourth-order valence-corrected chi connectivity index (χ4v) is 6.07. The monoisotopic (exact) mass is 415 g/mol. The zero-order chi connectivity index (χ0) is 19.0. The predicted molar refractivity (Wildman–Crippen MR) is 112 cm³/mol. The van der Waals surface area contributed by atoms with Crippen LogP contribution in [0.2, 0.25) is 5.02 Å². The van der Waals surface area contributed by atoms with Crippen LogP contribution in [0.15, 0.2) is 82.7 Å². The van der Waals surface area contributed by atoms with Crippen molar-refractivity contribution in [1.82, 2.24) is 3.97 Å². The Hall–Kier alpha value is -1.95. The van der Waals surface area contributed by atoms with Crippen molar-refractivity contribution in [2.45, 2.75) is 28.4 Å². The van der Waals surface area contributed by atoms with Gasteiger partial charge in [0.25, 0.3) is 10.0 Å². The van der Waals surface area contributed by atoms with Gasteiger partial charge in [0.05, 0.1) is 15.8 Å². The second kappa shape index (κ2) is 7.23. The van der Waals surface area contributed by atoms with Gasteiger partial charge in [-0.05, 0) is 61.4 Å². The summed E-state index contributed by atoms with van der Waals surface area (Å²) < 4.78 is 27.9. The van der Waals surface area contributed by atoms with E-state index in [0.717, 1.165) is 28.1 Å². The second-order valence-electron chi connectivity index (χ2n) is 6.41. The fraction of sp³-hybridized carbons (Fsp3) is 0.143. The van der Waals surface area contributed by atoms with Crippen LogP contribution in [0.25, 0.3) is 5.57 Å². The van der Waals surface area contributed by atoms with Crippen molar-refractivity contribution in [3.63, 3.8) is 0 Å². The van der Waals surface area contributed by atoms with Crippen molar-refractivity contribution in [2.24, 2.45) is 0 Å². The van der Waals surface area contributed by atoms with E-state index in [-0.39, 0.29) is 5.25 Å². The van der Waals surface area contributed by atoms with Crippen LogP contribution in [-0.2, 0) is 10.0 Å². The Labute approximate surface area is 168 Å². The first-order valence-electron chi connectivity index (χ1n) is 8.58. The summed E-state index contributed by atoms with van der Waals surface area (Å²) >= 11 is 7.65. The van der Waals surface area contributed by atoms with Crippen LogP contribution in [0, 0.1) is 0 Å². The molecule has 1 aromatic heterocycles. The topological polar surface area (TPSA) is 39.1 Å². The second-order valence-corrected chi connectivity index (χ2v) is 9.94. The average molecular weight is 416 g/mol. The summed E-state index contributed by atoms with van der Waals surface area (Å²) in [5.74, 6) is 0. The number of aromatic nitrogens is 1. The highest BCUT2D eigenvalue weighted by molar-refractivity contribution is 7.99. The SMILES string of the molecule is CC1=CCC(Sc2ccc(Cl)cc2)c2c1ccn2S(=O)(=O)c1ccccc1. The first-order valence-corrected chi connectivity index (χ1v) is 11.3. The minimum atomic E-state index is -3.64. The van der Waals surface area contributed by atoms with Crippen LogP contribution >= 0.6 is 23.4 Å². The quantitative estimate of drug-likeness (QED) is 0.523. The first-order chi connectivity index (χ1) is 13.0. The number of nitrogens with zero attached hydrogens (tertiary/aromatic N) is 1. The zero-order valence-corrected chi connectivity index (χ0v) is 17.1. The molecule has 1 atom stereocenters. The molecular weight excluding hydrogens is 398 g/mol. The highest BCUT2D eigenvalue weighted by Gasteiger charge is 2.30. The van der Waals surface area contributed by atoms with Gasteiger partial charge in [0.1, 0.15) is 0 Å². The average Bonchev–Trinajstić information content (AvgIpc) is 3.14. The molecule has 3 nitrogen and oxygen atoms in total. The summed E-state index contributed by atoms with van der Waals surface area (Å²) in [6.45, 7) is 2.03. The molecule has 6 heteroatoms. The summed E-state index contributed by atoms with van der Waals surface area (Å²) in [4.78, 5) is 1.36. The van der Waals surface area contributed by atoms with Gasteiger partial charge in [0.15, 0.2) is 0 Å². The summed E-state index contributed by atoms with van der Waals surface area (Å²) in [7, 11) is -3.64. The van der Waals surface area contributed by atoms with Gasteiger partial charge in [-0.15, -0.1) is 11.8 Å². The van der Waals surface area contributed by atoms with E-state index >= 15 is 0 Å². The van der Waals surface area contributed by atoms with Crippen molar-refractivity contribution in [3.8, 4) is 0 Å². The summed E-state index contributed by atoms with van der Waals surface area (Å²) in [5, 5.41) is 0.702. The van der Waals surface area contributed by atoms with Gasteiger partial charge in [-0.3, -0.25) is 0 Å². The number of rotatable bonds is 4. The Morgan fingerprint density at radius 3 is 2.44 bits per heavy atom. The number of hydrogen-bond acceptors (Lipinski definition) is 3. The molecule has 0 aliphatic heterocycles. The van der Waals surface area contributed by atoms with Crippen LogP contribution < -0.4 is 0 Å². The van der Waals surface area contributed by atoms with Crippen molar-refractivity contribution in [3.05, 3.63) is 89.2 Å². The lowest BCUT2D eigenvalue weighted by Crippen LogP contribution is -2.18. The van der Waals surface area contributed by atoms with E-state index in [0.29, 0.717) is 9.92 Å². The molecule has 0 saturated heterocycles. The minimum Gasteiger partial charge on any atom is -0.244 e. The van der Waals surface area contributed by atoms with E-state index in [4.69, 9.17) is 11.6 Å². The molecule has 138 valence electrons. The number of halogens is 1. The van der Waals surface area contributed by atoms with E-state index in [1.807, 2.05) is 43.3 Å². The number of benzene rings is 2. The highest BCUT2D eigenvalue weighted by atomic mass is 35.5. The number of fused-ring (bicyclic) bond motifs is 1. The molecule has 3 aromatic rings. The third kappa shape index (κ3) is 3.47. The van der Waals surface area contributed by atoms with E-state index in [2.05, 4.69) is 6.08 Å². The van der Waals surface area contributed by atoms with Gasteiger partial charge >= 0.3 is 0 Å². The Bertz CT molecular complexity index is 1100. The number of hydrogen-bond donors (Lipinski definition) is 0. The summed E-state index contributed by atoms with van der Waals surface area (Å²) in [6, 6.07) is 18.1. The van der Waals surface area contributed by atoms with E-state index in [9.17, 15) is 8.42 Å². The summed E-state index contributed by atoms with van der Waals surface area (Å²) in [5.41, 5.74) is 2.94. The molecule has 27 heavy (non-hydrogen) atoms. The van der Waals surface area contributed by atoms with Gasteiger partial charge in [0.2, 0.25) is 0 Å². The van der Waals surface area contributed by atoms with Crippen molar-refractivity contribution in [1.29, 1.82) is 0 Å². The molecule has 0 saturated carbocycles. The lowest BCUT2D eigenvalue weighted by atomic mass is 9.98. The van der Waals surface area contributed by atoms with Gasteiger partial charge in [-0.2, -0.15) is 0 Å². The summed E-state index contributed by atoms with van der Waals surface area (Å²) in [6.07, 6.45) is 4.63. The van der Waals surface area contributed by atoms with Crippen LogP contribution in [0.1, 0.15) is 29.9 Å². The van der Waals surface area contributed by atoms with Gasteiger partial charge in [0, 0.05) is 21.7 Å². The zero-order valence-electron chi connectivity index (χ0n) is 14.7. The Morgan fingerprint density at radius 1 is 1.04 bits per heavy atom. The van der Waals surface area contributed by atoms with Crippen molar-refractivity contribution >= 4 is 39.0 Å². The third-order valence-electron chi connectivity index (χ3n) is 4.65. The van der Waals surface area contributed by atoms with Gasteiger partial charge in [-0.25, -0.2) is 12.4 Å². The molecule has 0 N–H and O–H groups in total. The minimum absolute atomic E-state index is 0.0124.